The zero-order chi connectivity index (χ0) is 29.9. The number of hydrogen-bond acceptors (Lipinski definition) is 8. The summed E-state index contributed by atoms with van der Waals surface area (Å²) in [5, 5.41) is 0. The summed E-state index contributed by atoms with van der Waals surface area (Å²) in [6.07, 6.45) is 1.86. The number of morpholine rings is 1. The Balaban J connectivity index is 1.23. The van der Waals surface area contributed by atoms with Crippen LogP contribution in [0.25, 0.3) is 0 Å². The lowest BCUT2D eigenvalue weighted by atomic mass is 10.1. The fourth-order valence-electron chi connectivity index (χ4n) is 5.07. The number of rotatable bonds is 14. The molecular weight excluding hydrogens is 540 g/mol. The van der Waals surface area contributed by atoms with Gasteiger partial charge in [-0.25, -0.2) is 0 Å². The maximum atomic E-state index is 5.94. The second kappa shape index (κ2) is 15.3. The molecule has 5 rings (SSSR count). The van der Waals surface area contributed by atoms with E-state index in [0.29, 0.717) is 19.8 Å². The lowest BCUT2D eigenvalue weighted by molar-refractivity contribution is 0.0870. The van der Waals surface area contributed by atoms with E-state index in [1.165, 1.54) is 16.8 Å². The fourth-order valence-corrected chi connectivity index (χ4v) is 5.07. The number of hydrogen-bond donors (Lipinski definition) is 0. The Bertz CT molecular complexity index is 1420. The summed E-state index contributed by atoms with van der Waals surface area (Å²) < 4.78 is 22.8. The number of anilines is 3. The molecule has 0 aliphatic carbocycles. The van der Waals surface area contributed by atoms with Crippen LogP contribution in [0.3, 0.4) is 0 Å². The second-order valence-corrected chi connectivity index (χ2v) is 10.8. The summed E-state index contributed by atoms with van der Waals surface area (Å²) in [4.78, 5) is 11.4. The van der Waals surface area contributed by atoms with Gasteiger partial charge in [0.15, 0.2) is 0 Å². The Morgan fingerprint density at radius 1 is 0.791 bits per heavy atom. The van der Waals surface area contributed by atoms with Crippen LogP contribution in [0.15, 0.2) is 91.1 Å². The number of methoxy groups -OCH3 is 1. The van der Waals surface area contributed by atoms with Crippen LogP contribution in [0.2, 0.25) is 0 Å². The molecule has 1 aliphatic rings. The first-order valence-corrected chi connectivity index (χ1v) is 14.8. The fraction of sp³-hybridized carbons (Fsp3) is 0.343. The molecule has 0 saturated carbocycles. The molecule has 3 aromatic carbocycles. The van der Waals surface area contributed by atoms with Crippen molar-refractivity contribution in [2.75, 3.05) is 75.4 Å². The van der Waals surface area contributed by atoms with Gasteiger partial charge in [0.1, 0.15) is 18.1 Å². The Kier molecular flexibility index (Phi) is 10.7. The van der Waals surface area contributed by atoms with Gasteiger partial charge in [0.2, 0.25) is 0 Å². The molecule has 0 N–H and O–H groups in total. The van der Waals surface area contributed by atoms with E-state index in [1.54, 1.807) is 7.11 Å². The normalized spacial score (nSPS) is 13.0. The minimum atomic E-state index is 0.413. The predicted molar refractivity (Wildman–Crippen MR) is 173 cm³/mol. The maximum Gasteiger partial charge on any atom is 0.121 e. The molecule has 8 heteroatoms. The van der Waals surface area contributed by atoms with Crippen molar-refractivity contribution in [2.45, 2.75) is 19.7 Å². The van der Waals surface area contributed by atoms with Crippen molar-refractivity contribution in [3.63, 3.8) is 0 Å². The summed E-state index contributed by atoms with van der Waals surface area (Å²) in [6.45, 7) is 6.26. The van der Waals surface area contributed by atoms with Crippen molar-refractivity contribution in [2.24, 2.45) is 0 Å². The number of benzene rings is 3. The van der Waals surface area contributed by atoms with Crippen LogP contribution < -0.4 is 24.2 Å². The molecule has 1 saturated heterocycles. The Hall–Kier alpha value is -4.27. The van der Waals surface area contributed by atoms with Crippen molar-refractivity contribution >= 4 is 17.1 Å². The predicted octanol–water partition coefficient (Wildman–Crippen LogP) is 5.80. The highest BCUT2D eigenvalue weighted by molar-refractivity contribution is 5.52. The number of aromatic nitrogens is 1. The van der Waals surface area contributed by atoms with E-state index >= 15 is 0 Å². The highest BCUT2D eigenvalue weighted by Gasteiger charge is 2.14. The van der Waals surface area contributed by atoms with Crippen molar-refractivity contribution < 1.29 is 18.9 Å². The van der Waals surface area contributed by atoms with Crippen molar-refractivity contribution in [1.82, 2.24) is 4.98 Å². The minimum Gasteiger partial charge on any atom is -0.497 e. The standard InChI is InChI=1S/C35H42N4O4/c1-37(2)32-7-5-9-35(24-32)43-21-20-42-27-30-23-33(14-15-36-30)39(26-29-6-4-8-34(22-29)40-3)25-28-10-12-31(13-11-28)38-16-18-41-19-17-38/h4-15,22-24H,16-21,25-27H2,1-3H3. The Labute approximate surface area is 255 Å². The van der Waals surface area contributed by atoms with Gasteiger partial charge in [0, 0.05) is 69.6 Å². The SMILES string of the molecule is COc1cccc(CN(Cc2ccc(N3CCOCC3)cc2)c2ccnc(COCCOc3cccc(N(C)C)c3)c2)c1. The summed E-state index contributed by atoms with van der Waals surface area (Å²) in [7, 11) is 5.74. The van der Waals surface area contributed by atoms with Gasteiger partial charge in [-0.05, 0) is 59.7 Å². The van der Waals surface area contributed by atoms with Crippen LogP contribution in [0, 0.1) is 0 Å². The lowest BCUT2D eigenvalue weighted by Gasteiger charge is -2.29. The smallest absolute Gasteiger partial charge is 0.121 e. The average molecular weight is 583 g/mol. The van der Waals surface area contributed by atoms with E-state index in [4.69, 9.17) is 18.9 Å². The Morgan fingerprint density at radius 2 is 1.56 bits per heavy atom. The first-order chi connectivity index (χ1) is 21.1. The summed E-state index contributed by atoms with van der Waals surface area (Å²) in [5.41, 5.74) is 6.73. The Morgan fingerprint density at radius 3 is 2.35 bits per heavy atom. The molecule has 0 amide bonds. The van der Waals surface area contributed by atoms with E-state index in [0.717, 1.165) is 68.0 Å². The molecule has 1 aromatic heterocycles. The molecule has 226 valence electrons. The summed E-state index contributed by atoms with van der Waals surface area (Å²) in [6, 6.07) is 29.3. The summed E-state index contributed by atoms with van der Waals surface area (Å²) in [5.74, 6) is 1.69. The average Bonchev–Trinajstić information content (AvgIpc) is 3.05. The third-order valence-corrected chi connectivity index (χ3v) is 7.44. The third-order valence-electron chi connectivity index (χ3n) is 7.44. The molecule has 4 aromatic rings. The van der Waals surface area contributed by atoms with Crippen LogP contribution in [-0.2, 0) is 29.2 Å². The second-order valence-electron chi connectivity index (χ2n) is 10.8. The van der Waals surface area contributed by atoms with Gasteiger partial charge in [-0.15, -0.1) is 0 Å². The largest absolute Gasteiger partial charge is 0.497 e. The van der Waals surface area contributed by atoms with Crippen molar-refractivity contribution in [3.8, 4) is 11.5 Å². The van der Waals surface area contributed by atoms with Crippen LogP contribution in [0.4, 0.5) is 17.1 Å². The molecule has 0 unspecified atom stereocenters. The van der Waals surface area contributed by atoms with Gasteiger partial charge in [-0.2, -0.15) is 0 Å². The van der Waals surface area contributed by atoms with Crippen LogP contribution in [0.5, 0.6) is 11.5 Å². The molecule has 0 radical (unpaired) electrons. The van der Waals surface area contributed by atoms with Gasteiger partial charge < -0.3 is 33.6 Å². The van der Waals surface area contributed by atoms with E-state index in [9.17, 15) is 0 Å². The van der Waals surface area contributed by atoms with Gasteiger partial charge in [0.05, 0.1) is 39.2 Å². The molecule has 2 heterocycles. The lowest BCUT2D eigenvalue weighted by Crippen LogP contribution is -2.36. The molecule has 0 atom stereocenters. The van der Waals surface area contributed by atoms with Crippen molar-refractivity contribution in [1.29, 1.82) is 0 Å². The topological polar surface area (TPSA) is 59.5 Å². The number of ether oxygens (including phenoxy) is 4. The first kappa shape index (κ1) is 30.2. The zero-order valence-electron chi connectivity index (χ0n) is 25.4. The molecule has 0 bridgehead atoms. The number of pyridine rings is 1. The molecule has 0 spiro atoms. The maximum absolute atomic E-state index is 5.94. The van der Waals surface area contributed by atoms with Gasteiger partial charge in [-0.1, -0.05) is 30.3 Å². The van der Waals surface area contributed by atoms with Gasteiger partial charge >= 0.3 is 0 Å². The highest BCUT2D eigenvalue weighted by atomic mass is 16.5. The van der Waals surface area contributed by atoms with E-state index in [-0.39, 0.29) is 0 Å². The van der Waals surface area contributed by atoms with Gasteiger partial charge in [0.25, 0.3) is 0 Å². The third kappa shape index (κ3) is 8.86. The molecule has 1 aliphatic heterocycles. The number of nitrogens with zero attached hydrogens (tertiary/aromatic N) is 4. The minimum absolute atomic E-state index is 0.413. The highest BCUT2D eigenvalue weighted by Crippen LogP contribution is 2.25. The van der Waals surface area contributed by atoms with Gasteiger partial charge in [-0.3, -0.25) is 4.98 Å². The van der Waals surface area contributed by atoms with E-state index in [1.807, 2.05) is 50.6 Å². The zero-order valence-corrected chi connectivity index (χ0v) is 25.4. The molecule has 1 fully saturated rings. The van der Waals surface area contributed by atoms with Crippen LogP contribution >= 0.6 is 0 Å². The first-order valence-electron chi connectivity index (χ1n) is 14.8. The molecular formula is C35H42N4O4. The molecule has 43 heavy (non-hydrogen) atoms. The van der Waals surface area contributed by atoms with Crippen molar-refractivity contribution in [3.05, 3.63) is 108 Å². The van der Waals surface area contributed by atoms with E-state index < -0.39 is 0 Å². The molecule has 8 nitrogen and oxygen atoms in total. The van der Waals surface area contributed by atoms with Crippen LogP contribution in [0.1, 0.15) is 16.8 Å². The van der Waals surface area contributed by atoms with E-state index in [2.05, 4.69) is 74.3 Å². The monoisotopic (exact) mass is 582 g/mol. The van der Waals surface area contributed by atoms with Crippen LogP contribution in [-0.4, -0.2) is 65.7 Å². The quantitative estimate of drug-likeness (QED) is 0.173. The summed E-state index contributed by atoms with van der Waals surface area (Å²) >= 11 is 0.